The van der Waals surface area contributed by atoms with Gasteiger partial charge in [0.2, 0.25) is 21.9 Å². The van der Waals surface area contributed by atoms with Crippen LogP contribution in [-0.4, -0.2) is 105 Å². The number of anilines is 4. The Morgan fingerprint density at radius 2 is 1.11 bits per heavy atom. The largest absolute Gasteiger partial charge is 0.323 e. The van der Waals surface area contributed by atoms with Crippen LogP contribution in [0.15, 0.2) is 119 Å². The average molecular weight is 903 g/mol. The quantitative estimate of drug-likeness (QED) is 0.145. The molecule has 10 rings (SSSR count). The second kappa shape index (κ2) is 18.0. The summed E-state index contributed by atoms with van der Waals surface area (Å²) in [7, 11) is 0.889. The molecule has 3 fully saturated rings. The summed E-state index contributed by atoms with van der Waals surface area (Å²) in [4.78, 5) is 14.0. The number of hydrogen-bond donors (Lipinski definition) is 2. The smallest absolute Gasteiger partial charge is 0.245 e. The second-order valence-corrected chi connectivity index (χ2v) is 19.3. The molecule has 0 aliphatic carbocycles. The Kier molecular flexibility index (Phi) is 12.2. The Labute approximate surface area is 366 Å². The molecule has 13 nitrogen and oxygen atoms in total. The zero-order valence-corrected chi connectivity index (χ0v) is 37.1. The lowest BCUT2D eigenvalue weighted by molar-refractivity contribution is 0.255. The first kappa shape index (κ1) is 41.2. The Balaban J connectivity index is 0.000000171. The van der Waals surface area contributed by atoms with Crippen LogP contribution >= 0.6 is 15.9 Å². The maximum atomic E-state index is 13.1. The van der Waals surface area contributed by atoms with Gasteiger partial charge in [0.25, 0.3) is 0 Å². The third-order valence-electron chi connectivity index (χ3n) is 12.3. The first-order chi connectivity index (χ1) is 29.7. The fraction of sp³-hybridized carbons (Fsp3) is 0.348. The third-order valence-corrected chi connectivity index (χ3v) is 14.8. The van der Waals surface area contributed by atoms with E-state index < -0.39 is 10.0 Å². The minimum atomic E-state index is -3.49. The van der Waals surface area contributed by atoms with Crippen LogP contribution in [0.25, 0.3) is 22.3 Å². The summed E-state index contributed by atoms with van der Waals surface area (Å²) in [6.07, 6.45) is 10.3. The lowest BCUT2D eigenvalue weighted by atomic mass is 9.89. The van der Waals surface area contributed by atoms with E-state index in [4.69, 9.17) is 5.10 Å². The molecular weight excluding hydrogens is 851 g/mol. The number of sulfonamides is 1. The van der Waals surface area contributed by atoms with Gasteiger partial charge >= 0.3 is 0 Å². The van der Waals surface area contributed by atoms with Gasteiger partial charge in [-0.25, -0.2) is 27.4 Å². The van der Waals surface area contributed by atoms with Crippen LogP contribution in [0.3, 0.4) is 0 Å². The minimum absolute atomic E-state index is 0.318. The molecule has 0 spiro atoms. The van der Waals surface area contributed by atoms with Crippen LogP contribution in [0.1, 0.15) is 61.5 Å². The van der Waals surface area contributed by atoms with Crippen molar-refractivity contribution in [2.75, 3.05) is 64.0 Å². The number of fused-ring (bicyclic) bond motifs is 2. The van der Waals surface area contributed by atoms with Gasteiger partial charge in [-0.1, -0.05) is 36.4 Å². The summed E-state index contributed by atoms with van der Waals surface area (Å²) in [5.74, 6) is 2.37. The molecule has 3 aliphatic rings. The third kappa shape index (κ3) is 9.36. The van der Waals surface area contributed by atoms with Gasteiger partial charge in [-0.2, -0.15) is 4.31 Å². The number of hydrogen-bond acceptors (Lipinski definition) is 10. The molecule has 4 aromatic heterocycles. The topological polar surface area (TPSA) is 128 Å². The molecule has 0 bridgehead atoms. The first-order valence-electron chi connectivity index (χ1n) is 21.2. The standard InChI is InChI=1S/C28H32N6O2S.C18H20BrN5/c1-32-17-13-22(14-18-32)21-7-9-24(10-8-21)30-28-29-20-25-11-12-27(34(25)31-28)23-5-4-6-26(19-23)37(35,36)33-15-2-3-16-33;1-23-10-8-14(9-11-23)13-2-4-15(5-3-13)21-18-20-12-16-6-7-17(19)24(16)22-18/h4-12,19-20,22H,2-3,13-18H2,1H3,(H,30,31);2-7,12,14H,8-11H2,1H3,(H,21,22). The fourth-order valence-electron chi connectivity index (χ4n) is 8.62. The van der Waals surface area contributed by atoms with Crippen LogP contribution in [0, 0.1) is 0 Å². The number of aromatic nitrogens is 6. The number of nitrogens with one attached hydrogen (secondary N) is 2. The maximum absolute atomic E-state index is 13.1. The number of halogens is 1. The van der Waals surface area contributed by atoms with Crippen molar-refractivity contribution in [1.82, 2.24) is 43.3 Å². The predicted octanol–water partition coefficient (Wildman–Crippen LogP) is 8.78. The van der Waals surface area contributed by atoms with E-state index in [0.29, 0.717) is 41.7 Å². The molecule has 61 heavy (non-hydrogen) atoms. The van der Waals surface area contributed by atoms with E-state index in [1.54, 1.807) is 28.7 Å². The molecule has 15 heteroatoms. The van der Waals surface area contributed by atoms with Gasteiger partial charge in [0, 0.05) is 30.0 Å². The van der Waals surface area contributed by atoms with E-state index in [0.717, 1.165) is 64.2 Å². The Morgan fingerprint density at radius 1 is 0.607 bits per heavy atom. The minimum Gasteiger partial charge on any atom is -0.323 e. The summed E-state index contributed by atoms with van der Waals surface area (Å²) in [5.41, 5.74) is 8.17. The highest BCUT2D eigenvalue weighted by molar-refractivity contribution is 9.10. The highest BCUT2D eigenvalue weighted by Crippen LogP contribution is 2.31. The molecule has 0 unspecified atom stereocenters. The lowest BCUT2D eigenvalue weighted by Crippen LogP contribution is -2.29. The van der Waals surface area contributed by atoms with Gasteiger partial charge in [0.15, 0.2) is 0 Å². The summed E-state index contributed by atoms with van der Waals surface area (Å²) in [5, 5.41) is 15.8. The highest BCUT2D eigenvalue weighted by Gasteiger charge is 2.27. The Morgan fingerprint density at radius 3 is 1.67 bits per heavy atom. The number of piperidine rings is 2. The monoisotopic (exact) mass is 901 g/mol. The van der Waals surface area contributed by atoms with Crippen LogP contribution < -0.4 is 10.6 Å². The van der Waals surface area contributed by atoms with E-state index in [1.165, 1.54) is 49.9 Å². The SMILES string of the molecule is CN1CCC(c2ccc(Nc3ncc4ccc(-c5cccc(S(=O)(=O)N6CCCC6)c5)n4n3)cc2)CC1.CN1CCC(c2ccc(Nc3ncc4ccc(Br)n4n3)cc2)CC1. The number of rotatable bonds is 9. The first-order valence-corrected chi connectivity index (χ1v) is 23.5. The second-order valence-electron chi connectivity index (χ2n) is 16.5. The van der Waals surface area contributed by atoms with Crippen molar-refractivity contribution in [3.8, 4) is 11.3 Å². The van der Waals surface area contributed by atoms with Gasteiger partial charge < -0.3 is 20.4 Å². The van der Waals surface area contributed by atoms with Crippen molar-refractivity contribution in [1.29, 1.82) is 0 Å². The van der Waals surface area contributed by atoms with E-state index >= 15 is 0 Å². The Hall–Kier alpha value is -5.19. The van der Waals surface area contributed by atoms with Crippen LogP contribution in [0.5, 0.6) is 0 Å². The van der Waals surface area contributed by atoms with Crippen LogP contribution in [-0.2, 0) is 10.0 Å². The van der Waals surface area contributed by atoms with E-state index in [9.17, 15) is 8.42 Å². The molecule has 7 aromatic rings. The average Bonchev–Trinajstić information content (AvgIpc) is 4.07. The summed E-state index contributed by atoms with van der Waals surface area (Å²) < 4.78 is 32.3. The zero-order chi connectivity index (χ0) is 41.9. The summed E-state index contributed by atoms with van der Waals surface area (Å²) in [6.45, 7) is 5.83. The normalized spacial score (nSPS) is 17.4. The van der Waals surface area contributed by atoms with E-state index in [-0.39, 0.29) is 0 Å². The fourth-order valence-corrected chi connectivity index (χ4v) is 10.6. The van der Waals surface area contributed by atoms with Gasteiger partial charge in [0.05, 0.1) is 34.0 Å². The zero-order valence-electron chi connectivity index (χ0n) is 34.7. The van der Waals surface area contributed by atoms with Gasteiger partial charge in [-0.05, 0) is 178 Å². The number of likely N-dealkylation sites (tertiary alicyclic amines) is 2. The summed E-state index contributed by atoms with van der Waals surface area (Å²) in [6, 6.07) is 32.2. The molecule has 7 heterocycles. The molecule has 0 amide bonds. The van der Waals surface area contributed by atoms with Crippen molar-refractivity contribution < 1.29 is 8.42 Å². The van der Waals surface area contributed by atoms with Gasteiger partial charge in [-0.15, -0.1) is 10.2 Å². The van der Waals surface area contributed by atoms with Crippen LogP contribution in [0.2, 0.25) is 0 Å². The molecule has 2 N–H and O–H groups in total. The van der Waals surface area contributed by atoms with Crippen molar-refractivity contribution in [3.63, 3.8) is 0 Å². The van der Waals surface area contributed by atoms with Crippen molar-refractivity contribution in [2.45, 2.75) is 55.3 Å². The molecule has 0 saturated carbocycles. The number of benzene rings is 3. The molecular formula is C46H52BrN11O2S. The van der Waals surface area contributed by atoms with Gasteiger partial charge in [-0.3, -0.25) is 0 Å². The molecule has 0 radical (unpaired) electrons. The maximum Gasteiger partial charge on any atom is 0.245 e. The molecule has 3 saturated heterocycles. The van der Waals surface area contributed by atoms with Crippen molar-refractivity contribution >= 4 is 60.3 Å². The van der Waals surface area contributed by atoms with Crippen molar-refractivity contribution in [2.24, 2.45) is 0 Å². The van der Waals surface area contributed by atoms with E-state index in [1.807, 2.05) is 45.6 Å². The van der Waals surface area contributed by atoms with E-state index in [2.05, 4.69) is 114 Å². The Bertz CT molecular complexity index is 2700. The summed E-state index contributed by atoms with van der Waals surface area (Å²) >= 11 is 3.49. The lowest BCUT2D eigenvalue weighted by Gasteiger charge is -2.29. The molecule has 3 aliphatic heterocycles. The predicted molar refractivity (Wildman–Crippen MR) is 245 cm³/mol. The highest BCUT2D eigenvalue weighted by atomic mass is 79.9. The van der Waals surface area contributed by atoms with Crippen LogP contribution in [0.4, 0.5) is 23.3 Å². The molecule has 0 atom stereocenters. The molecule has 316 valence electrons. The van der Waals surface area contributed by atoms with Crippen molar-refractivity contribution in [3.05, 3.63) is 125 Å². The molecule has 3 aromatic carbocycles. The number of nitrogens with zero attached hydrogens (tertiary/aromatic N) is 9. The van der Waals surface area contributed by atoms with Gasteiger partial charge in [0.1, 0.15) is 4.60 Å².